The topological polar surface area (TPSA) is 27.0 Å². The maximum absolute atomic E-state index is 8.96. The van der Waals surface area contributed by atoms with E-state index >= 15 is 0 Å². The summed E-state index contributed by atoms with van der Waals surface area (Å²) < 4.78 is 0. The molecule has 2 aliphatic rings. The van der Waals surface area contributed by atoms with E-state index in [1.807, 2.05) is 0 Å². The summed E-state index contributed by atoms with van der Waals surface area (Å²) in [5, 5.41) is 8.96. The summed E-state index contributed by atoms with van der Waals surface area (Å²) in [7, 11) is 2.07. The molecule has 1 heterocycles. The van der Waals surface area contributed by atoms with Gasteiger partial charge in [0.1, 0.15) is 6.04 Å². The zero-order valence-electron chi connectivity index (χ0n) is 7.37. The second-order valence-electron chi connectivity index (χ2n) is 4.01. The molecule has 5 unspecified atom stereocenters. The molecule has 0 radical (unpaired) electrons. The third-order valence-electron chi connectivity index (χ3n) is 3.38. The zero-order chi connectivity index (χ0) is 8.88. The van der Waals surface area contributed by atoms with Gasteiger partial charge in [-0.3, -0.25) is 4.90 Å². The lowest BCUT2D eigenvalue weighted by molar-refractivity contribution is 0.186. The quantitative estimate of drug-likeness (QED) is 0.590. The van der Waals surface area contributed by atoms with Gasteiger partial charge in [0.2, 0.25) is 0 Å². The lowest BCUT2D eigenvalue weighted by Crippen LogP contribution is -2.47. The van der Waals surface area contributed by atoms with Crippen LogP contribution in [0.25, 0.3) is 0 Å². The number of likely N-dealkylation sites (tertiary alicyclic amines) is 1. The first-order valence-electron chi connectivity index (χ1n) is 4.42. The Kier molecular flexibility index (Phi) is 1.93. The van der Waals surface area contributed by atoms with Gasteiger partial charge >= 0.3 is 0 Å². The number of nitriles is 1. The van der Waals surface area contributed by atoms with Crippen molar-refractivity contribution in [2.75, 3.05) is 7.05 Å². The maximum atomic E-state index is 8.96. The van der Waals surface area contributed by atoms with Crippen LogP contribution in [0.2, 0.25) is 0 Å². The van der Waals surface area contributed by atoms with Gasteiger partial charge in [-0.15, -0.1) is 0 Å². The fourth-order valence-corrected chi connectivity index (χ4v) is 3.23. The van der Waals surface area contributed by atoms with E-state index < -0.39 is 0 Å². The second kappa shape index (κ2) is 2.71. The smallest absolute Gasteiger partial charge is 0.111 e. The van der Waals surface area contributed by atoms with E-state index in [0.717, 1.165) is 5.92 Å². The fraction of sp³-hybridized carbons (Fsp3) is 0.889. The van der Waals surface area contributed by atoms with Crippen molar-refractivity contribution in [3.8, 4) is 6.07 Å². The van der Waals surface area contributed by atoms with Crippen LogP contribution >= 0.6 is 15.9 Å². The highest BCUT2D eigenvalue weighted by Crippen LogP contribution is 2.49. The largest absolute Gasteiger partial charge is 0.287 e. The highest BCUT2D eigenvalue weighted by Gasteiger charge is 2.54. The molecule has 66 valence electrons. The number of rotatable bonds is 0. The fourth-order valence-electron chi connectivity index (χ4n) is 2.35. The molecule has 0 bridgehead atoms. The highest BCUT2D eigenvalue weighted by atomic mass is 79.9. The molecule has 12 heavy (non-hydrogen) atoms. The molecule has 1 saturated carbocycles. The summed E-state index contributed by atoms with van der Waals surface area (Å²) in [4.78, 5) is 2.58. The van der Waals surface area contributed by atoms with Crippen LogP contribution in [0.3, 0.4) is 0 Å². The minimum Gasteiger partial charge on any atom is -0.287 e. The first kappa shape index (κ1) is 8.52. The molecule has 3 heteroatoms. The third-order valence-corrected chi connectivity index (χ3v) is 4.71. The normalized spacial score (nSPS) is 52.7. The molecule has 1 aliphatic carbocycles. The molecular weight excluding hydrogens is 216 g/mol. The van der Waals surface area contributed by atoms with Gasteiger partial charge in [0.25, 0.3) is 0 Å². The monoisotopic (exact) mass is 228 g/mol. The summed E-state index contributed by atoms with van der Waals surface area (Å²) in [5.41, 5.74) is 0. The molecular formula is C9H13BrN2. The second-order valence-corrected chi connectivity index (χ2v) is 5.07. The van der Waals surface area contributed by atoms with Crippen molar-refractivity contribution in [1.82, 2.24) is 4.90 Å². The van der Waals surface area contributed by atoms with Gasteiger partial charge in [-0.05, 0) is 25.3 Å². The van der Waals surface area contributed by atoms with Gasteiger partial charge in [0.15, 0.2) is 0 Å². The SMILES string of the molecule is CC1C(Br)C(C#N)N(C)C2CC12. The summed E-state index contributed by atoms with van der Waals surface area (Å²) in [6, 6.07) is 3.14. The van der Waals surface area contributed by atoms with Crippen LogP contribution in [0.15, 0.2) is 0 Å². The Morgan fingerprint density at radius 2 is 2.25 bits per heavy atom. The number of hydrogen-bond donors (Lipinski definition) is 0. The van der Waals surface area contributed by atoms with Crippen molar-refractivity contribution in [2.24, 2.45) is 11.8 Å². The number of piperidine rings is 1. The minimum atomic E-state index is 0.0729. The number of hydrogen-bond acceptors (Lipinski definition) is 2. The molecule has 5 atom stereocenters. The van der Waals surface area contributed by atoms with Crippen molar-refractivity contribution >= 4 is 15.9 Å². The molecule has 0 aromatic rings. The van der Waals surface area contributed by atoms with Gasteiger partial charge in [0.05, 0.1) is 6.07 Å². The third kappa shape index (κ3) is 1.02. The van der Waals surface area contributed by atoms with Crippen LogP contribution in [-0.4, -0.2) is 28.9 Å². The van der Waals surface area contributed by atoms with Crippen LogP contribution in [0, 0.1) is 23.2 Å². The lowest BCUT2D eigenvalue weighted by atomic mass is 9.93. The van der Waals surface area contributed by atoms with Gasteiger partial charge < -0.3 is 0 Å². The molecule has 1 saturated heterocycles. The molecule has 2 fully saturated rings. The van der Waals surface area contributed by atoms with Gasteiger partial charge in [-0.25, -0.2) is 0 Å². The standard InChI is InChI=1S/C9H13BrN2/c1-5-6-3-7(6)12(2)8(4-11)9(5)10/h5-9H,3H2,1-2H3. The highest BCUT2D eigenvalue weighted by molar-refractivity contribution is 9.09. The Morgan fingerprint density at radius 3 is 2.83 bits per heavy atom. The van der Waals surface area contributed by atoms with Crippen LogP contribution in [0.1, 0.15) is 13.3 Å². The van der Waals surface area contributed by atoms with E-state index in [2.05, 4.69) is 40.9 Å². The number of fused-ring (bicyclic) bond motifs is 1. The van der Waals surface area contributed by atoms with Crippen LogP contribution in [0.5, 0.6) is 0 Å². The Hall–Kier alpha value is -0.0700. The maximum Gasteiger partial charge on any atom is 0.111 e. The summed E-state index contributed by atoms with van der Waals surface area (Å²) >= 11 is 3.62. The first-order chi connectivity index (χ1) is 5.66. The average Bonchev–Trinajstić information content (AvgIpc) is 2.81. The van der Waals surface area contributed by atoms with Crippen LogP contribution in [-0.2, 0) is 0 Å². The average molecular weight is 229 g/mol. The predicted octanol–water partition coefficient (Wildman–Crippen LogP) is 1.61. The van der Waals surface area contributed by atoms with Gasteiger partial charge in [-0.1, -0.05) is 22.9 Å². The van der Waals surface area contributed by atoms with E-state index in [4.69, 9.17) is 5.26 Å². The van der Waals surface area contributed by atoms with E-state index in [1.165, 1.54) is 6.42 Å². The number of alkyl halides is 1. The van der Waals surface area contributed by atoms with Gasteiger partial charge in [-0.2, -0.15) is 5.26 Å². The molecule has 2 nitrogen and oxygen atoms in total. The molecule has 0 N–H and O–H groups in total. The Morgan fingerprint density at radius 1 is 1.58 bits per heavy atom. The van der Waals surface area contributed by atoms with E-state index in [0.29, 0.717) is 16.8 Å². The number of halogens is 1. The molecule has 0 aromatic heterocycles. The van der Waals surface area contributed by atoms with Crippen LogP contribution in [0.4, 0.5) is 0 Å². The Balaban J connectivity index is 2.19. The van der Waals surface area contributed by atoms with Crippen molar-refractivity contribution < 1.29 is 0 Å². The zero-order valence-corrected chi connectivity index (χ0v) is 8.95. The summed E-state index contributed by atoms with van der Waals surface area (Å²) in [6.45, 7) is 2.25. The van der Waals surface area contributed by atoms with E-state index in [1.54, 1.807) is 0 Å². The molecule has 1 aliphatic heterocycles. The molecule has 0 aromatic carbocycles. The lowest BCUT2D eigenvalue weighted by Gasteiger charge is -2.35. The van der Waals surface area contributed by atoms with Crippen molar-refractivity contribution in [3.05, 3.63) is 0 Å². The molecule has 0 spiro atoms. The van der Waals surface area contributed by atoms with Gasteiger partial charge in [0, 0.05) is 10.9 Å². The van der Waals surface area contributed by atoms with Crippen molar-refractivity contribution in [2.45, 2.75) is 30.3 Å². The van der Waals surface area contributed by atoms with E-state index in [-0.39, 0.29) is 6.04 Å². The van der Waals surface area contributed by atoms with Crippen LogP contribution < -0.4 is 0 Å². The van der Waals surface area contributed by atoms with Crippen molar-refractivity contribution in [1.29, 1.82) is 5.26 Å². The molecule has 2 rings (SSSR count). The summed E-state index contributed by atoms with van der Waals surface area (Å²) in [5.74, 6) is 1.50. The summed E-state index contributed by atoms with van der Waals surface area (Å²) in [6.07, 6.45) is 1.29. The Bertz CT molecular complexity index is 235. The van der Waals surface area contributed by atoms with E-state index in [9.17, 15) is 0 Å². The molecule has 0 amide bonds. The Labute approximate surface area is 81.7 Å². The van der Waals surface area contributed by atoms with Crippen molar-refractivity contribution in [3.63, 3.8) is 0 Å². The predicted molar refractivity (Wildman–Crippen MR) is 50.9 cm³/mol. The minimum absolute atomic E-state index is 0.0729. The first-order valence-corrected chi connectivity index (χ1v) is 5.34. The number of nitrogens with zero attached hydrogens (tertiary/aromatic N) is 2.